The van der Waals surface area contributed by atoms with E-state index in [1.165, 1.54) is 23.3 Å². The number of carbonyl (C=O) groups excluding carboxylic acids is 1. The second-order valence-electron chi connectivity index (χ2n) is 4.14. The third-order valence-corrected chi connectivity index (χ3v) is 3.30. The van der Waals surface area contributed by atoms with Gasteiger partial charge in [0.05, 0.1) is 18.4 Å². The summed E-state index contributed by atoms with van der Waals surface area (Å²) < 4.78 is 23.8. The highest BCUT2D eigenvalue weighted by Gasteiger charge is 2.16. The van der Waals surface area contributed by atoms with Crippen molar-refractivity contribution in [2.45, 2.75) is 0 Å². The summed E-state index contributed by atoms with van der Waals surface area (Å²) in [4.78, 5) is 13.6. The quantitative estimate of drug-likeness (QED) is 0.837. The molecule has 2 rings (SSSR count). The average Bonchev–Trinajstić information content (AvgIpc) is 2.84. The van der Waals surface area contributed by atoms with Crippen molar-refractivity contribution in [1.82, 2.24) is 4.90 Å². The van der Waals surface area contributed by atoms with Gasteiger partial charge in [0.2, 0.25) is 0 Å². The third-order valence-electron chi connectivity index (χ3n) is 2.69. The normalized spacial score (nSPS) is 10.3. The Kier molecular flexibility index (Phi) is 4.79. The highest BCUT2D eigenvalue weighted by molar-refractivity contribution is 9.10. The van der Waals surface area contributed by atoms with E-state index in [0.717, 1.165) is 0 Å². The zero-order valence-electron chi connectivity index (χ0n) is 10.8. The molecule has 0 aliphatic heterocycles. The predicted octanol–water partition coefficient (Wildman–Crippen LogP) is 3.33. The van der Waals surface area contributed by atoms with E-state index in [1.54, 1.807) is 25.2 Å². The van der Waals surface area contributed by atoms with Gasteiger partial charge in [0.25, 0.3) is 5.91 Å². The van der Waals surface area contributed by atoms with Crippen LogP contribution in [-0.4, -0.2) is 31.0 Å². The lowest BCUT2D eigenvalue weighted by molar-refractivity contribution is 0.0771. The Morgan fingerprint density at radius 1 is 1.45 bits per heavy atom. The Hall–Kier alpha value is -1.82. The molecule has 1 heterocycles. The van der Waals surface area contributed by atoms with Crippen LogP contribution in [0.25, 0.3) is 0 Å². The SMILES string of the molecule is CN(CCOc1cccc(F)c1)C(=O)c1ccoc1Br. The average molecular weight is 342 g/mol. The van der Waals surface area contributed by atoms with Crippen LogP contribution in [0.3, 0.4) is 0 Å². The summed E-state index contributed by atoms with van der Waals surface area (Å²) in [5.74, 6) is -0.0851. The minimum absolute atomic E-state index is 0.173. The van der Waals surface area contributed by atoms with Crippen molar-refractivity contribution in [1.29, 1.82) is 0 Å². The molecule has 0 aliphatic carbocycles. The van der Waals surface area contributed by atoms with Crippen molar-refractivity contribution in [2.75, 3.05) is 20.2 Å². The summed E-state index contributed by atoms with van der Waals surface area (Å²) in [6.45, 7) is 0.661. The first-order valence-corrected chi connectivity index (χ1v) is 6.74. The summed E-state index contributed by atoms with van der Waals surface area (Å²) >= 11 is 3.16. The maximum absolute atomic E-state index is 13.0. The molecule has 1 aromatic heterocycles. The van der Waals surface area contributed by atoms with Crippen molar-refractivity contribution >= 4 is 21.8 Å². The minimum Gasteiger partial charge on any atom is -0.492 e. The number of likely N-dealkylation sites (N-methyl/N-ethyl adjacent to an activating group) is 1. The molecule has 106 valence electrons. The highest BCUT2D eigenvalue weighted by Crippen LogP contribution is 2.19. The van der Waals surface area contributed by atoms with Crippen LogP contribution < -0.4 is 4.74 Å². The zero-order valence-corrected chi connectivity index (χ0v) is 12.4. The van der Waals surface area contributed by atoms with E-state index in [0.29, 0.717) is 22.5 Å². The summed E-state index contributed by atoms with van der Waals surface area (Å²) in [6, 6.07) is 7.48. The molecule has 6 heteroatoms. The Balaban J connectivity index is 1.85. The van der Waals surface area contributed by atoms with Gasteiger partial charge in [-0.25, -0.2) is 4.39 Å². The van der Waals surface area contributed by atoms with E-state index >= 15 is 0 Å². The number of amides is 1. The third kappa shape index (κ3) is 3.60. The number of carbonyl (C=O) groups is 1. The maximum Gasteiger partial charge on any atom is 0.258 e. The van der Waals surface area contributed by atoms with Crippen molar-refractivity contribution in [3.63, 3.8) is 0 Å². The van der Waals surface area contributed by atoms with Gasteiger partial charge in [-0.05, 0) is 34.1 Å². The van der Waals surface area contributed by atoms with Crippen molar-refractivity contribution in [3.05, 3.63) is 52.6 Å². The first-order valence-electron chi connectivity index (χ1n) is 5.95. The van der Waals surface area contributed by atoms with E-state index in [1.807, 2.05) is 0 Å². The lowest BCUT2D eigenvalue weighted by Gasteiger charge is -2.16. The molecule has 2 aromatic rings. The molecule has 4 nitrogen and oxygen atoms in total. The Morgan fingerprint density at radius 3 is 2.90 bits per heavy atom. The largest absolute Gasteiger partial charge is 0.492 e. The summed E-state index contributed by atoms with van der Waals surface area (Å²) in [5, 5.41) is 0. The molecule has 1 amide bonds. The Bertz CT molecular complexity index is 600. The van der Waals surface area contributed by atoms with Gasteiger partial charge in [0.15, 0.2) is 4.67 Å². The number of halogens is 2. The molecule has 0 bridgehead atoms. The topological polar surface area (TPSA) is 42.7 Å². The number of benzene rings is 1. The molecule has 0 atom stereocenters. The first kappa shape index (κ1) is 14.6. The predicted molar refractivity (Wildman–Crippen MR) is 75.3 cm³/mol. The van der Waals surface area contributed by atoms with Crippen LogP contribution in [0.2, 0.25) is 0 Å². The summed E-state index contributed by atoms with van der Waals surface area (Å²) in [7, 11) is 1.66. The monoisotopic (exact) mass is 341 g/mol. The molecule has 20 heavy (non-hydrogen) atoms. The standard InChI is InChI=1S/C14H13BrFNO3/c1-17(14(18)12-5-7-20-13(12)15)6-8-19-11-4-2-3-10(16)9-11/h2-5,7,9H,6,8H2,1H3. The second-order valence-corrected chi connectivity index (χ2v) is 4.86. The van der Waals surface area contributed by atoms with E-state index < -0.39 is 0 Å². The summed E-state index contributed by atoms with van der Waals surface area (Å²) in [5.41, 5.74) is 0.457. The Labute approximate surface area is 124 Å². The zero-order chi connectivity index (χ0) is 14.5. The molecule has 0 saturated heterocycles. The fraction of sp³-hybridized carbons (Fsp3) is 0.214. The van der Waals surface area contributed by atoms with Crippen LogP contribution in [0.15, 0.2) is 45.7 Å². The van der Waals surface area contributed by atoms with Gasteiger partial charge in [0, 0.05) is 13.1 Å². The minimum atomic E-state index is -0.353. The molecule has 0 aliphatic rings. The van der Waals surface area contributed by atoms with Gasteiger partial charge in [-0.3, -0.25) is 4.79 Å². The lowest BCUT2D eigenvalue weighted by Crippen LogP contribution is -2.30. The number of nitrogens with zero attached hydrogens (tertiary/aromatic N) is 1. The lowest BCUT2D eigenvalue weighted by atomic mass is 10.3. The molecule has 0 saturated carbocycles. The number of furan rings is 1. The van der Waals surface area contributed by atoms with Crippen molar-refractivity contribution in [2.24, 2.45) is 0 Å². The molecule has 0 N–H and O–H groups in total. The van der Waals surface area contributed by atoms with Crippen LogP contribution in [0, 0.1) is 5.82 Å². The van der Waals surface area contributed by atoms with Crippen molar-refractivity contribution < 1.29 is 18.3 Å². The fourth-order valence-corrected chi connectivity index (χ4v) is 2.02. The van der Waals surface area contributed by atoms with Gasteiger partial charge >= 0.3 is 0 Å². The number of rotatable bonds is 5. The second kappa shape index (κ2) is 6.56. The molecule has 0 unspecified atom stereocenters. The summed E-state index contributed by atoms with van der Waals surface area (Å²) in [6.07, 6.45) is 1.44. The van der Waals surface area contributed by atoms with Gasteiger partial charge in [-0.1, -0.05) is 6.07 Å². The number of hydrogen-bond donors (Lipinski definition) is 0. The van der Waals surface area contributed by atoms with Crippen molar-refractivity contribution in [3.8, 4) is 5.75 Å². The smallest absolute Gasteiger partial charge is 0.258 e. The molecular formula is C14H13BrFNO3. The van der Waals surface area contributed by atoms with Gasteiger partial charge < -0.3 is 14.1 Å². The van der Waals surface area contributed by atoms with E-state index in [9.17, 15) is 9.18 Å². The van der Waals surface area contributed by atoms with Gasteiger partial charge in [-0.2, -0.15) is 0 Å². The van der Waals surface area contributed by atoms with Gasteiger partial charge in [-0.15, -0.1) is 0 Å². The van der Waals surface area contributed by atoms with E-state index in [-0.39, 0.29) is 18.3 Å². The van der Waals surface area contributed by atoms with E-state index in [4.69, 9.17) is 9.15 Å². The molecule has 0 radical (unpaired) electrons. The van der Waals surface area contributed by atoms with E-state index in [2.05, 4.69) is 15.9 Å². The van der Waals surface area contributed by atoms with Crippen LogP contribution >= 0.6 is 15.9 Å². The van der Waals surface area contributed by atoms with Gasteiger partial charge in [0.1, 0.15) is 18.2 Å². The molecule has 0 fully saturated rings. The molecular weight excluding hydrogens is 329 g/mol. The number of hydrogen-bond acceptors (Lipinski definition) is 3. The number of ether oxygens (including phenoxy) is 1. The van der Waals surface area contributed by atoms with Crippen LogP contribution in [-0.2, 0) is 0 Å². The van der Waals surface area contributed by atoms with Crippen LogP contribution in [0.1, 0.15) is 10.4 Å². The maximum atomic E-state index is 13.0. The fourth-order valence-electron chi connectivity index (χ4n) is 1.61. The van der Waals surface area contributed by atoms with Crippen LogP contribution in [0.5, 0.6) is 5.75 Å². The highest BCUT2D eigenvalue weighted by atomic mass is 79.9. The Morgan fingerprint density at radius 2 is 2.25 bits per heavy atom. The first-order chi connectivity index (χ1) is 9.58. The molecule has 0 spiro atoms. The van der Waals surface area contributed by atoms with Crippen LogP contribution in [0.4, 0.5) is 4.39 Å². The molecule has 1 aromatic carbocycles.